The van der Waals surface area contributed by atoms with E-state index in [1.165, 1.54) is 19.3 Å². The third-order valence-electron chi connectivity index (χ3n) is 4.14. The highest BCUT2D eigenvalue weighted by Gasteiger charge is 2.76. The van der Waals surface area contributed by atoms with Gasteiger partial charge < -0.3 is 0 Å². The van der Waals surface area contributed by atoms with Gasteiger partial charge in [-0.3, -0.25) is 0 Å². The van der Waals surface area contributed by atoms with Crippen LogP contribution in [0.5, 0.6) is 0 Å². The van der Waals surface area contributed by atoms with Crippen LogP contribution in [0, 0.1) is 17.8 Å². The number of azo groups is 1. The Morgan fingerprint density at radius 2 is 2.10 bits per heavy atom. The SMILES string of the molecule is C1C2CC3(N=N2)C1C1CC13. The molecule has 0 N–H and O–H groups in total. The van der Waals surface area contributed by atoms with Gasteiger partial charge in [0.25, 0.3) is 0 Å². The molecule has 1 spiro atoms. The van der Waals surface area contributed by atoms with Crippen LogP contribution in [0.25, 0.3) is 0 Å². The normalized spacial score (nSPS) is 72.8. The molecule has 1 aliphatic heterocycles. The Morgan fingerprint density at radius 1 is 1.20 bits per heavy atom. The second kappa shape index (κ2) is 0.973. The molecular weight excluding hydrogens is 124 g/mol. The summed E-state index contributed by atoms with van der Waals surface area (Å²) in [7, 11) is 0. The Bertz CT molecular complexity index is 248. The standard InChI is InChI=1S/C8H10N2/c1-4-3-8(10-9-4)6(1)5-2-7(5)8/h4-7H,1-3H2. The van der Waals surface area contributed by atoms with Gasteiger partial charge in [-0.25, -0.2) is 0 Å². The van der Waals surface area contributed by atoms with Gasteiger partial charge in [-0.1, -0.05) is 0 Å². The quantitative estimate of drug-likeness (QED) is 0.481. The molecule has 3 fully saturated rings. The maximum atomic E-state index is 4.45. The summed E-state index contributed by atoms with van der Waals surface area (Å²) in [6.45, 7) is 0. The monoisotopic (exact) mass is 134 g/mol. The largest absolute Gasteiger partial charge is 0.190 e. The first-order chi connectivity index (χ1) is 4.90. The molecule has 2 nitrogen and oxygen atoms in total. The molecule has 52 valence electrons. The van der Waals surface area contributed by atoms with Crippen molar-refractivity contribution in [2.24, 2.45) is 28.0 Å². The smallest absolute Gasteiger partial charge is 0.0899 e. The van der Waals surface area contributed by atoms with Crippen LogP contribution in [0.15, 0.2) is 10.2 Å². The van der Waals surface area contributed by atoms with Crippen molar-refractivity contribution in [3.63, 3.8) is 0 Å². The van der Waals surface area contributed by atoms with Crippen LogP contribution in [-0.4, -0.2) is 11.6 Å². The molecule has 0 amide bonds. The molecule has 0 radical (unpaired) electrons. The lowest BCUT2D eigenvalue weighted by Gasteiger charge is -2.39. The molecular formula is C8H10N2. The highest BCUT2D eigenvalue weighted by atomic mass is 15.3. The van der Waals surface area contributed by atoms with Gasteiger partial charge in [0.05, 0.1) is 11.6 Å². The molecule has 3 saturated carbocycles. The summed E-state index contributed by atoms with van der Waals surface area (Å²) in [5.41, 5.74) is 0.440. The van der Waals surface area contributed by atoms with E-state index in [2.05, 4.69) is 10.2 Å². The van der Waals surface area contributed by atoms with Crippen molar-refractivity contribution >= 4 is 0 Å². The minimum absolute atomic E-state index is 0.440. The van der Waals surface area contributed by atoms with Crippen LogP contribution in [0.4, 0.5) is 0 Å². The van der Waals surface area contributed by atoms with Crippen molar-refractivity contribution in [2.45, 2.75) is 30.8 Å². The lowest BCUT2D eigenvalue weighted by molar-refractivity contribution is 0.138. The molecule has 4 aliphatic rings. The van der Waals surface area contributed by atoms with Gasteiger partial charge in [-0.15, -0.1) is 0 Å². The predicted octanol–water partition coefficient (Wildman–Crippen LogP) is 1.62. The van der Waals surface area contributed by atoms with Crippen molar-refractivity contribution in [1.82, 2.24) is 0 Å². The first-order valence-electron chi connectivity index (χ1n) is 4.32. The summed E-state index contributed by atoms with van der Waals surface area (Å²) in [6.07, 6.45) is 4.18. The topological polar surface area (TPSA) is 24.7 Å². The fraction of sp³-hybridized carbons (Fsp3) is 1.00. The van der Waals surface area contributed by atoms with Gasteiger partial charge in [0.1, 0.15) is 0 Å². The molecule has 5 unspecified atom stereocenters. The molecule has 4 rings (SSSR count). The summed E-state index contributed by atoms with van der Waals surface area (Å²) in [4.78, 5) is 0. The lowest BCUT2D eigenvalue weighted by atomic mass is 9.70. The fourth-order valence-corrected chi connectivity index (χ4v) is 3.66. The minimum atomic E-state index is 0.440. The van der Waals surface area contributed by atoms with E-state index in [0.717, 1.165) is 17.8 Å². The van der Waals surface area contributed by atoms with Gasteiger partial charge in [0.15, 0.2) is 0 Å². The molecule has 0 aromatic heterocycles. The molecule has 0 aromatic rings. The van der Waals surface area contributed by atoms with Crippen LogP contribution in [0.1, 0.15) is 19.3 Å². The van der Waals surface area contributed by atoms with Crippen molar-refractivity contribution in [3.8, 4) is 0 Å². The maximum absolute atomic E-state index is 4.45. The first-order valence-corrected chi connectivity index (χ1v) is 4.32. The molecule has 3 aliphatic carbocycles. The van der Waals surface area contributed by atoms with E-state index < -0.39 is 0 Å². The van der Waals surface area contributed by atoms with Crippen LogP contribution in [0.3, 0.4) is 0 Å². The van der Waals surface area contributed by atoms with Gasteiger partial charge in [0, 0.05) is 0 Å². The molecule has 2 heteroatoms. The zero-order chi connectivity index (χ0) is 6.34. The third-order valence-corrected chi connectivity index (χ3v) is 4.14. The van der Waals surface area contributed by atoms with Crippen molar-refractivity contribution in [2.75, 3.05) is 0 Å². The highest BCUT2D eigenvalue weighted by Crippen LogP contribution is 2.75. The van der Waals surface area contributed by atoms with Crippen LogP contribution in [0.2, 0.25) is 0 Å². The lowest BCUT2D eigenvalue weighted by Crippen LogP contribution is -2.43. The second-order valence-electron chi connectivity index (χ2n) is 4.41. The van der Waals surface area contributed by atoms with Crippen LogP contribution in [-0.2, 0) is 0 Å². The van der Waals surface area contributed by atoms with E-state index in [-0.39, 0.29) is 0 Å². The van der Waals surface area contributed by atoms with E-state index in [0.29, 0.717) is 11.6 Å². The van der Waals surface area contributed by atoms with Crippen molar-refractivity contribution in [1.29, 1.82) is 0 Å². The van der Waals surface area contributed by atoms with Crippen molar-refractivity contribution in [3.05, 3.63) is 0 Å². The van der Waals surface area contributed by atoms with Crippen molar-refractivity contribution < 1.29 is 0 Å². The molecule has 1 heterocycles. The van der Waals surface area contributed by atoms with E-state index in [9.17, 15) is 0 Å². The maximum Gasteiger partial charge on any atom is 0.0899 e. The minimum Gasteiger partial charge on any atom is -0.190 e. The first kappa shape index (κ1) is 4.47. The Morgan fingerprint density at radius 3 is 2.90 bits per heavy atom. The van der Waals surface area contributed by atoms with Crippen LogP contribution >= 0.6 is 0 Å². The molecule has 0 saturated heterocycles. The second-order valence-corrected chi connectivity index (χ2v) is 4.41. The molecule has 10 heavy (non-hydrogen) atoms. The summed E-state index contributed by atoms with van der Waals surface area (Å²) in [5, 5.41) is 8.73. The van der Waals surface area contributed by atoms with E-state index in [1.54, 1.807) is 0 Å². The fourth-order valence-electron chi connectivity index (χ4n) is 3.66. The zero-order valence-corrected chi connectivity index (χ0v) is 5.83. The van der Waals surface area contributed by atoms with Gasteiger partial charge >= 0.3 is 0 Å². The molecule has 0 aromatic carbocycles. The third kappa shape index (κ3) is 0.247. The van der Waals surface area contributed by atoms with Crippen LogP contribution < -0.4 is 0 Å². The highest BCUT2D eigenvalue weighted by molar-refractivity contribution is 5.29. The Labute approximate surface area is 59.7 Å². The summed E-state index contributed by atoms with van der Waals surface area (Å²) in [6, 6.07) is 0.651. The van der Waals surface area contributed by atoms with Gasteiger partial charge in [-0.2, -0.15) is 10.2 Å². The Balaban J connectivity index is 1.95. The number of nitrogens with zero attached hydrogens (tertiary/aromatic N) is 2. The molecule has 2 bridgehead atoms. The van der Waals surface area contributed by atoms with E-state index >= 15 is 0 Å². The zero-order valence-electron chi connectivity index (χ0n) is 5.83. The Kier molecular flexibility index (Phi) is 0.435. The number of fused-ring (bicyclic) bond motifs is 3. The molecule has 5 atom stereocenters. The van der Waals surface area contributed by atoms with Gasteiger partial charge in [0.2, 0.25) is 0 Å². The number of hydrogen-bond acceptors (Lipinski definition) is 2. The summed E-state index contributed by atoms with van der Waals surface area (Å²) in [5.74, 6) is 3.08. The average molecular weight is 134 g/mol. The number of rotatable bonds is 0. The van der Waals surface area contributed by atoms with E-state index in [4.69, 9.17) is 0 Å². The summed E-state index contributed by atoms with van der Waals surface area (Å²) >= 11 is 0. The number of hydrogen-bond donors (Lipinski definition) is 0. The Hall–Kier alpha value is -0.400. The van der Waals surface area contributed by atoms with Gasteiger partial charge in [-0.05, 0) is 37.0 Å². The average Bonchev–Trinajstić information content (AvgIpc) is 2.45. The predicted molar refractivity (Wildman–Crippen MR) is 35.7 cm³/mol. The van der Waals surface area contributed by atoms with E-state index in [1.807, 2.05) is 0 Å². The summed E-state index contributed by atoms with van der Waals surface area (Å²) < 4.78 is 0.